The summed E-state index contributed by atoms with van der Waals surface area (Å²) in [6, 6.07) is 8.50. The number of hydrogen-bond donors (Lipinski definition) is 0. The summed E-state index contributed by atoms with van der Waals surface area (Å²) in [5.74, 6) is 2.29. The fourth-order valence-corrected chi connectivity index (χ4v) is 4.76. The average molecular weight is 463 g/mol. The van der Waals surface area contributed by atoms with Gasteiger partial charge in [-0.25, -0.2) is 4.98 Å². The first-order chi connectivity index (χ1) is 16.5. The number of piperazine rings is 1. The zero-order chi connectivity index (χ0) is 23.7. The molecule has 2 aliphatic rings. The van der Waals surface area contributed by atoms with E-state index in [4.69, 9.17) is 4.52 Å². The van der Waals surface area contributed by atoms with E-state index in [-0.39, 0.29) is 11.6 Å². The molecule has 5 rings (SSSR count). The zero-order valence-electron chi connectivity index (χ0n) is 19.0. The van der Waals surface area contributed by atoms with Gasteiger partial charge in [-0.2, -0.15) is 4.98 Å². The Morgan fingerprint density at radius 1 is 1.12 bits per heavy atom. The van der Waals surface area contributed by atoms with Crippen molar-refractivity contribution in [2.24, 2.45) is 0 Å². The summed E-state index contributed by atoms with van der Waals surface area (Å²) in [7, 11) is 0. The minimum absolute atomic E-state index is 0.0364. The van der Waals surface area contributed by atoms with Gasteiger partial charge in [-0.1, -0.05) is 24.1 Å². The number of anilines is 1. The van der Waals surface area contributed by atoms with Gasteiger partial charge in [-0.3, -0.25) is 14.9 Å². The Morgan fingerprint density at radius 3 is 2.56 bits per heavy atom. The largest absolute Gasteiger partial charge is 0.353 e. The highest BCUT2D eigenvalue weighted by molar-refractivity contribution is 5.96. The molecule has 1 aliphatic carbocycles. The molecule has 1 amide bonds. The Bertz CT molecular complexity index is 1190. The molecule has 1 aliphatic heterocycles. The van der Waals surface area contributed by atoms with E-state index in [2.05, 4.69) is 20.0 Å². The van der Waals surface area contributed by atoms with Crippen LogP contribution in [0.5, 0.6) is 0 Å². The van der Waals surface area contributed by atoms with E-state index in [0.717, 1.165) is 30.1 Å². The summed E-state index contributed by atoms with van der Waals surface area (Å²) in [6.07, 6.45) is 6.38. The minimum atomic E-state index is -0.455. The van der Waals surface area contributed by atoms with Crippen molar-refractivity contribution in [3.05, 3.63) is 63.7 Å². The Morgan fingerprint density at radius 2 is 1.88 bits per heavy atom. The van der Waals surface area contributed by atoms with E-state index in [1.807, 2.05) is 12.1 Å². The molecule has 0 unspecified atom stereocenters. The van der Waals surface area contributed by atoms with E-state index < -0.39 is 4.92 Å². The lowest BCUT2D eigenvalue weighted by molar-refractivity contribution is -0.385. The molecule has 0 bridgehead atoms. The van der Waals surface area contributed by atoms with E-state index in [1.165, 1.54) is 18.9 Å². The number of rotatable bonds is 5. The molecular formula is C24H26N6O4. The van der Waals surface area contributed by atoms with Crippen LogP contribution in [0.1, 0.15) is 53.4 Å². The van der Waals surface area contributed by atoms with Crippen molar-refractivity contribution in [2.75, 3.05) is 31.1 Å². The highest BCUT2D eigenvalue weighted by atomic mass is 16.6. The second-order valence-electron chi connectivity index (χ2n) is 8.83. The first-order valence-electron chi connectivity index (χ1n) is 11.6. The molecule has 2 fully saturated rings. The fraction of sp³-hybridized carbons (Fsp3) is 0.417. The second-order valence-corrected chi connectivity index (χ2v) is 8.83. The number of nitro groups is 1. The normalized spacial score (nSPS) is 16.7. The molecule has 0 N–H and O–H groups in total. The third-order valence-corrected chi connectivity index (χ3v) is 6.78. The quantitative estimate of drug-likeness (QED) is 0.413. The molecule has 0 spiro atoms. The highest BCUT2D eigenvalue weighted by Crippen LogP contribution is 2.34. The lowest BCUT2D eigenvalue weighted by atomic mass is 10.1. The lowest BCUT2D eigenvalue weighted by Gasteiger charge is -2.35. The molecule has 1 saturated carbocycles. The molecule has 1 saturated heterocycles. The van der Waals surface area contributed by atoms with Gasteiger partial charge in [0, 0.05) is 61.1 Å². The summed E-state index contributed by atoms with van der Waals surface area (Å²) in [5.41, 5.74) is 1.55. The van der Waals surface area contributed by atoms with Crippen molar-refractivity contribution in [3.8, 4) is 11.4 Å². The fourth-order valence-electron chi connectivity index (χ4n) is 4.76. The maximum Gasteiger partial charge on any atom is 0.273 e. The summed E-state index contributed by atoms with van der Waals surface area (Å²) >= 11 is 0. The first-order valence-corrected chi connectivity index (χ1v) is 11.6. The Hall–Kier alpha value is -3.82. The van der Waals surface area contributed by atoms with E-state index in [9.17, 15) is 14.9 Å². The Balaban J connectivity index is 1.22. The van der Waals surface area contributed by atoms with Crippen LogP contribution in [0.15, 0.2) is 41.1 Å². The van der Waals surface area contributed by atoms with Crippen LogP contribution in [-0.4, -0.2) is 57.0 Å². The predicted molar refractivity (Wildman–Crippen MR) is 125 cm³/mol. The first kappa shape index (κ1) is 22.0. The molecule has 2 aromatic heterocycles. The molecule has 10 nitrogen and oxygen atoms in total. The number of hydrogen-bond acceptors (Lipinski definition) is 8. The number of pyridine rings is 1. The van der Waals surface area contributed by atoms with Gasteiger partial charge < -0.3 is 14.3 Å². The number of amides is 1. The van der Waals surface area contributed by atoms with Crippen LogP contribution in [0.2, 0.25) is 0 Å². The standard InChI is InChI=1S/C24H26N6O4/c1-16-19(7-4-8-20(16)30(32)33)24(31)29-13-11-28(12-14-29)21-10-9-18(15-25-21)22-26-23(34-27-22)17-5-2-3-6-17/h4,7-10,15,17H,2-3,5-6,11-14H2,1H3. The topological polar surface area (TPSA) is 119 Å². The number of nitrogens with zero attached hydrogens (tertiary/aromatic N) is 6. The number of aromatic nitrogens is 3. The zero-order valence-corrected chi connectivity index (χ0v) is 19.0. The van der Waals surface area contributed by atoms with Gasteiger partial charge in [0.15, 0.2) is 0 Å². The smallest absolute Gasteiger partial charge is 0.273 e. The van der Waals surface area contributed by atoms with Gasteiger partial charge in [0.05, 0.1) is 4.92 Å². The molecule has 3 heterocycles. The van der Waals surface area contributed by atoms with E-state index in [1.54, 1.807) is 30.2 Å². The highest BCUT2D eigenvalue weighted by Gasteiger charge is 2.27. The molecular weight excluding hydrogens is 436 g/mol. The Kier molecular flexibility index (Phi) is 5.95. The summed E-state index contributed by atoms with van der Waals surface area (Å²) < 4.78 is 5.47. The van der Waals surface area contributed by atoms with Crippen LogP contribution in [0.4, 0.5) is 11.5 Å². The third kappa shape index (κ3) is 4.23. The number of nitro benzene ring substituents is 1. The van der Waals surface area contributed by atoms with Crippen molar-refractivity contribution in [3.63, 3.8) is 0 Å². The lowest BCUT2D eigenvalue weighted by Crippen LogP contribution is -2.49. The molecule has 1 aromatic carbocycles. The van der Waals surface area contributed by atoms with Gasteiger partial charge in [0.1, 0.15) is 5.82 Å². The van der Waals surface area contributed by atoms with E-state index >= 15 is 0 Å². The molecule has 0 atom stereocenters. The van der Waals surface area contributed by atoms with Crippen LogP contribution >= 0.6 is 0 Å². The minimum Gasteiger partial charge on any atom is -0.353 e. The molecule has 34 heavy (non-hydrogen) atoms. The van der Waals surface area contributed by atoms with Gasteiger partial charge in [-0.05, 0) is 38.0 Å². The van der Waals surface area contributed by atoms with Gasteiger partial charge in [0.25, 0.3) is 11.6 Å². The maximum atomic E-state index is 13.0. The van der Waals surface area contributed by atoms with Gasteiger partial charge in [-0.15, -0.1) is 0 Å². The monoisotopic (exact) mass is 462 g/mol. The van der Waals surface area contributed by atoms with Crippen molar-refractivity contribution < 1.29 is 14.2 Å². The third-order valence-electron chi connectivity index (χ3n) is 6.78. The SMILES string of the molecule is Cc1c(C(=O)N2CCN(c3ccc(-c4noc(C5CCCC5)n4)cn3)CC2)cccc1[N+](=O)[O-]. The number of benzene rings is 1. The van der Waals surface area contributed by atoms with Crippen LogP contribution in [-0.2, 0) is 0 Å². The van der Waals surface area contributed by atoms with Gasteiger partial charge >= 0.3 is 0 Å². The van der Waals surface area contributed by atoms with Crippen LogP contribution in [0, 0.1) is 17.0 Å². The second kappa shape index (κ2) is 9.20. The van der Waals surface area contributed by atoms with Gasteiger partial charge in [0.2, 0.25) is 11.7 Å². The molecule has 0 radical (unpaired) electrons. The van der Waals surface area contributed by atoms with Crippen molar-refractivity contribution in [2.45, 2.75) is 38.5 Å². The van der Waals surface area contributed by atoms with Crippen LogP contribution in [0.25, 0.3) is 11.4 Å². The number of carbonyl (C=O) groups is 1. The van der Waals surface area contributed by atoms with Crippen molar-refractivity contribution in [1.82, 2.24) is 20.0 Å². The summed E-state index contributed by atoms with van der Waals surface area (Å²) in [4.78, 5) is 36.7. The Labute approximate surface area is 196 Å². The average Bonchev–Trinajstić information content (AvgIpc) is 3.56. The number of carbonyl (C=O) groups excluding carboxylic acids is 1. The molecule has 3 aromatic rings. The molecule has 10 heteroatoms. The predicted octanol–water partition coefficient (Wildman–Crippen LogP) is 3.97. The van der Waals surface area contributed by atoms with Crippen molar-refractivity contribution >= 4 is 17.4 Å². The molecule has 176 valence electrons. The summed E-state index contributed by atoms with van der Waals surface area (Å²) in [6.45, 7) is 3.90. The van der Waals surface area contributed by atoms with E-state index in [0.29, 0.717) is 49.0 Å². The van der Waals surface area contributed by atoms with Crippen LogP contribution in [0.3, 0.4) is 0 Å². The van der Waals surface area contributed by atoms with Crippen molar-refractivity contribution in [1.29, 1.82) is 0 Å². The maximum absolute atomic E-state index is 13.0. The van der Waals surface area contributed by atoms with Crippen LogP contribution < -0.4 is 4.90 Å². The summed E-state index contributed by atoms with van der Waals surface area (Å²) in [5, 5.41) is 15.3.